The van der Waals surface area contributed by atoms with Crippen molar-refractivity contribution in [2.24, 2.45) is 5.92 Å². The monoisotopic (exact) mass is 196 g/mol. The SMILES string of the molecule is CCC=CC(O)CCC1CCCCC1. The van der Waals surface area contributed by atoms with Crippen LogP contribution in [0, 0.1) is 5.92 Å². The highest BCUT2D eigenvalue weighted by Gasteiger charge is 2.13. The highest BCUT2D eigenvalue weighted by atomic mass is 16.3. The molecule has 0 radical (unpaired) electrons. The first-order valence-corrected chi connectivity index (χ1v) is 6.17. The minimum atomic E-state index is -0.197. The molecular weight excluding hydrogens is 172 g/mol. The van der Waals surface area contributed by atoms with Gasteiger partial charge < -0.3 is 5.11 Å². The second kappa shape index (κ2) is 7.05. The summed E-state index contributed by atoms with van der Waals surface area (Å²) in [6, 6.07) is 0. The van der Waals surface area contributed by atoms with Gasteiger partial charge in [0, 0.05) is 0 Å². The zero-order valence-electron chi connectivity index (χ0n) is 9.41. The Morgan fingerprint density at radius 1 is 1.29 bits per heavy atom. The van der Waals surface area contributed by atoms with E-state index in [-0.39, 0.29) is 6.10 Å². The van der Waals surface area contributed by atoms with Crippen LogP contribution in [0.2, 0.25) is 0 Å². The molecule has 0 aromatic heterocycles. The molecule has 1 atom stereocenters. The summed E-state index contributed by atoms with van der Waals surface area (Å²) in [6.07, 6.45) is 14.0. The molecule has 14 heavy (non-hydrogen) atoms. The number of hydrogen-bond donors (Lipinski definition) is 1. The molecule has 0 aromatic rings. The Morgan fingerprint density at radius 3 is 2.64 bits per heavy atom. The lowest BCUT2D eigenvalue weighted by Gasteiger charge is -2.21. The largest absolute Gasteiger partial charge is 0.389 e. The first-order chi connectivity index (χ1) is 6.83. The van der Waals surface area contributed by atoms with Crippen molar-refractivity contribution in [1.82, 2.24) is 0 Å². The van der Waals surface area contributed by atoms with E-state index in [1.165, 1.54) is 38.5 Å². The quantitative estimate of drug-likeness (QED) is 0.665. The van der Waals surface area contributed by atoms with Crippen LogP contribution in [0.1, 0.15) is 58.3 Å². The third-order valence-corrected chi connectivity index (χ3v) is 3.19. The lowest BCUT2D eigenvalue weighted by Crippen LogP contribution is -2.10. The Kier molecular flexibility index (Phi) is 5.93. The molecule has 1 heteroatoms. The van der Waals surface area contributed by atoms with Crippen molar-refractivity contribution in [1.29, 1.82) is 0 Å². The fourth-order valence-electron chi connectivity index (χ4n) is 2.27. The van der Waals surface area contributed by atoms with Crippen LogP contribution in [0.15, 0.2) is 12.2 Å². The van der Waals surface area contributed by atoms with E-state index in [0.717, 1.165) is 18.8 Å². The lowest BCUT2D eigenvalue weighted by atomic mass is 9.85. The first-order valence-electron chi connectivity index (χ1n) is 6.17. The van der Waals surface area contributed by atoms with Crippen molar-refractivity contribution in [3.8, 4) is 0 Å². The van der Waals surface area contributed by atoms with Crippen molar-refractivity contribution in [2.75, 3.05) is 0 Å². The summed E-state index contributed by atoms with van der Waals surface area (Å²) in [5, 5.41) is 9.62. The van der Waals surface area contributed by atoms with Gasteiger partial charge in [0.25, 0.3) is 0 Å². The lowest BCUT2D eigenvalue weighted by molar-refractivity contribution is 0.191. The van der Waals surface area contributed by atoms with Gasteiger partial charge in [-0.05, 0) is 25.2 Å². The van der Waals surface area contributed by atoms with Gasteiger partial charge in [-0.2, -0.15) is 0 Å². The van der Waals surface area contributed by atoms with Gasteiger partial charge in [0.05, 0.1) is 6.10 Å². The van der Waals surface area contributed by atoms with E-state index >= 15 is 0 Å². The van der Waals surface area contributed by atoms with E-state index in [0.29, 0.717) is 0 Å². The Bertz CT molecular complexity index is 157. The zero-order valence-corrected chi connectivity index (χ0v) is 9.41. The molecule has 1 N–H and O–H groups in total. The highest BCUT2D eigenvalue weighted by Crippen LogP contribution is 2.27. The van der Waals surface area contributed by atoms with Crippen LogP contribution >= 0.6 is 0 Å². The molecule has 1 aliphatic carbocycles. The van der Waals surface area contributed by atoms with Gasteiger partial charge in [-0.25, -0.2) is 0 Å². The zero-order chi connectivity index (χ0) is 10.2. The van der Waals surface area contributed by atoms with E-state index in [1.807, 2.05) is 6.08 Å². The summed E-state index contributed by atoms with van der Waals surface area (Å²) < 4.78 is 0. The van der Waals surface area contributed by atoms with Crippen molar-refractivity contribution >= 4 is 0 Å². The van der Waals surface area contributed by atoms with Gasteiger partial charge in [0.2, 0.25) is 0 Å². The van der Waals surface area contributed by atoms with Crippen LogP contribution in [-0.4, -0.2) is 11.2 Å². The summed E-state index contributed by atoms with van der Waals surface area (Å²) in [5.41, 5.74) is 0. The number of rotatable bonds is 5. The molecule has 0 aliphatic heterocycles. The maximum Gasteiger partial charge on any atom is 0.0721 e. The van der Waals surface area contributed by atoms with E-state index < -0.39 is 0 Å². The second-order valence-corrected chi connectivity index (χ2v) is 4.49. The Morgan fingerprint density at radius 2 is 2.00 bits per heavy atom. The molecule has 1 saturated carbocycles. The summed E-state index contributed by atoms with van der Waals surface area (Å²) in [4.78, 5) is 0. The molecule has 1 fully saturated rings. The van der Waals surface area contributed by atoms with E-state index in [9.17, 15) is 5.11 Å². The minimum Gasteiger partial charge on any atom is -0.389 e. The summed E-state index contributed by atoms with van der Waals surface area (Å²) >= 11 is 0. The summed E-state index contributed by atoms with van der Waals surface area (Å²) in [5.74, 6) is 0.897. The molecule has 1 unspecified atom stereocenters. The average molecular weight is 196 g/mol. The Hall–Kier alpha value is -0.300. The van der Waals surface area contributed by atoms with E-state index in [4.69, 9.17) is 0 Å². The fourth-order valence-corrected chi connectivity index (χ4v) is 2.27. The normalized spacial score (nSPS) is 21.6. The molecule has 0 aromatic carbocycles. The molecule has 0 bridgehead atoms. The third-order valence-electron chi connectivity index (χ3n) is 3.19. The molecule has 1 rings (SSSR count). The van der Waals surface area contributed by atoms with Crippen LogP contribution < -0.4 is 0 Å². The van der Waals surface area contributed by atoms with Gasteiger partial charge in [-0.1, -0.05) is 51.2 Å². The standard InChI is InChI=1S/C13H24O/c1-2-3-9-13(14)11-10-12-7-5-4-6-8-12/h3,9,12-14H,2,4-8,10-11H2,1H3. The van der Waals surface area contributed by atoms with Crippen molar-refractivity contribution in [3.63, 3.8) is 0 Å². The number of allylic oxidation sites excluding steroid dienone is 1. The Labute approximate surface area is 88.2 Å². The molecule has 1 aliphatic rings. The molecule has 0 spiro atoms. The number of aliphatic hydroxyl groups excluding tert-OH is 1. The van der Waals surface area contributed by atoms with Crippen molar-refractivity contribution in [3.05, 3.63) is 12.2 Å². The number of aliphatic hydroxyl groups is 1. The molecule has 0 saturated heterocycles. The molecule has 0 heterocycles. The van der Waals surface area contributed by atoms with Crippen molar-refractivity contribution < 1.29 is 5.11 Å². The first kappa shape index (κ1) is 11.8. The average Bonchev–Trinajstić information content (AvgIpc) is 2.25. The predicted molar refractivity (Wildman–Crippen MR) is 61.2 cm³/mol. The fraction of sp³-hybridized carbons (Fsp3) is 0.846. The predicted octanol–water partition coefficient (Wildman–Crippen LogP) is 3.67. The summed E-state index contributed by atoms with van der Waals surface area (Å²) in [7, 11) is 0. The maximum absolute atomic E-state index is 9.62. The molecule has 82 valence electrons. The highest BCUT2D eigenvalue weighted by molar-refractivity contribution is 4.87. The van der Waals surface area contributed by atoms with E-state index in [2.05, 4.69) is 13.0 Å². The molecule has 1 nitrogen and oxygen atoms in total. The van der Waals surface area contributed by atoms with Crippen LogP contribution in [0.3, 0.4) is 0 Å². The van der Waals surface area contributed by atoms with Crippen LogP contribution in [0.4, 0.5) is 0 Å². The molecular formula is C13H24O. The summed E-state index contributed by atoms with van der Waals surface area (Å²) in [6.45, 7) is 2.10. The van der Waals surface area contributed by atoms with E-state index in [1.54, 1.807) is 0 Å². The van der Waals surface area contributed by atoms with Gasteiger partial charge in [-0.3, -0.25) is 0 Å². The van der Waals surface area contributed by atoms with Crippen LogP contribution in [0.5, 0.6) is 0 Å². The molecule has 0 amide bonds. The maximum atomic E-state index is 9.62. The Balaban J connectivity index is 2.09. The smallest absolute Gasteiger partial charge is 0.0721 e. The van der Waals surface area contributed by atoms with Gasteiger partial charge >= 0.3 is 0 Å². The van der Waals surface area contributed by atoms with Gasteiger partial charge in [0.1, 0.15) is 0 Å². The van der Waals surface area contributed by atoms with Gasteiger partial charge in [0.15, 0.2) is 0 Å². The third kappa shape index (κ3) is 4.80. The van der Waals surface area contributed by atoms with Crippen molar-refractivity contribution in [2.45, 2.75) is 64.4 Å². The van der Waals surface area contributed by atoms with Gasteiger partial charge in [-0.15, -0.1) is 0 Å². The minimum absolute atomic E-state index is 0.197. The second-order valence-electron chi connectivity index (χ2n) is 4.49. The van der Waals surface area contributed by atoms with Crippen LogP contribution in [0.25, 0.3) is 0 Å². The van der Waals surface area contributed by atoms with Crippen LogP contribution in [-0.2, 0) is 0 Å². The topological polar surface area (TPSA) is 20.2 Å². The number of hydrogen-bond acceptors (Lipinski definition) is 1.